The minimum absolute atomic E-state index is 0.0939. The first-order valence-electron chi connectivity index (χ1n) is 11.1. The van der Waals surface area contributed by atoms with Crippen LogP contribution in [0, 0.1) is 0 Å². The number of urea groups is 1. The molecule has 1 fully saturated rings. The zero-order valence-electron chi connectivity index (χ0n) is 18.7. The smallest absolute Gasteiger partial charge is 0.314 e. The number of rotatable bonds is 6. The summed E-state index contributed by atoms with van der Waals surface area (Å²) in [4.78, 5) is 30.9. The van der Waals surface area contributed by atoms with Crippen LogP contribution >= 0.6 is 11.6 Å². The summed E-state index contributed by atoms with van der Waals surface area (Å²) in [6.07, 6.45) is 4.81. The first-order valence-corrected chi connectivity index (χ1v) is 11.5. The number of anilines is 1. The number of carbonyl (C=O) groups is 2. The Morgan fingerprint density at radius 1 is 1.21 bits per heavy atom. The zero-order chi connectivity index (χ0) is 23.5. The van der Waals surface area contributed by atoms with Gasteiger partial charge in [-0.2, -0.15) is 5.10 Å². The highest BCUT2D eigenvalue weighted by Crippen LogP contribution is 2.29. The number of halogens is 1. The Kier molecular flexibility index (Phi) is 6.69. The van der Waals surface area contributed by atoms with Crippen LogP contribution in [0.4, 0.5) is 10.5 Å². The van der Waals surface area contributed by atoms with Gasteiger partial charge in [0, 0.05) is 36.9 Å². The van der Waals surface area contributed by atoms with E-state index in [9.17, 15) is 9.59 Å². The van der Waals surface area contributed by atoms with Gasteiger partial charge in [-0.3, -0.25) is 4.79 Å². The number of nitrogens with zero attached hydrogens (tertiary/aromatic N) is 4. The Morgan fingerprint density at radius 3 is 2.55 bits per heavy atom. The molecule has 3 heterocycles. The van der Waals surface area contributed by atoms with Crippen LogP contribution in [0.2, 0.25) is 5.02 Å². The minimum atomic E-state index is -0.403. The number of fused-ring (bicyclic) bond motifs is 1. The van der Waals surface area contributed by atoms with Gasteiger partial charge in [-0.05, 0) is 44.4 Å². The van der Waals surface area contributed by atoms with Crippen molar-refractivity contribution >= 4 is 40.3 Å². The number of aryl methyl sites for hydroxylation is 1. The van der Waals surface area contributed by atoms with Crippen molar-refractivity contribution in [2.24, 2.45) is 5.73 Å². The van der Waals surface area contributed by atoms with Crippen molar-refractivity contribution in [2.45, 2.75) is 45.3 Å². The number of likely N-dealkylation sites (tertiary alicyclic amines) is 1. The van der Waals surface area contributed by atoms with Crippen LogP contribution in [0.3, 0.4) is 0 Å². The van der Waals surface area contributed by atoms with E-state index in [1.807, 2.05) is 26.0 Å². The summed E-state index contributed by atoms with van der Waals surface area (Å²) in [6, 6.07) is 6.87. The molecule has 1 unspecified atom stereocenters. The van der Waals surface area contributed by atoms with Crippen molar-refractivity contribution < 1.29 is 9.59 Å². The summed E-state index contributed by atoms with van der Waals surface area (Å²) in [6.45, 7) is 5.74. The lowest BCUT2D eigenvalue weighted by Gasteiger charge is -2.32. The first-order chi connectivity index (χ1) is 15.9. The highest BCUT2D eigenvalue weighted by molar-refractivity contribution is 6.30. The van der Waals surface area contributed by atoms with Crippen LogP contribution in [0.1, 0.15) is 48.7 Å². The Bertz CT molecular complexity index is 1150. The molecule has 1 aromatic carbocycles. The molecule has 9 nitrogen and oxygen atoms in total. The fourth-order valence-corrected chi connectivity index (χ4v) is 4.27. The summed E-state index contributed by atoms with van der Waals surface area (Å²) in [5, 5.41) is 12.5. The number of carbonyl (C=O) groups excluding carboxylic acids is 2. The molecule has 1 atom stereocenters. The molecule has 10 heteroatoms. The number of nitrogens with one attached hydrogen (secondary N) is 2. The molecule has 4 rings (SSSR count). The lowest BCUT2D eigenvalue weighted by Crippen LogP contribution is -2.45. The van der Waals surface area contributed by atoms with Gasteiger partial charge < -0.3 is 21.3 Å². The number of hydrogen-bond donors (Lipinski definition) is 3. The lowest BCUT2D eigenvalue weighted by atomic mass is 10.0. The van der Waals surface area contributed by atoms with E-state index < -0.39 is 6.03 Å². The Morgan fingerprint density at radius 2 is 1.91 bits per heavy atom. The molecule has 0 bridgehead atoms. The average Bonchev–Trinajstić information content (AvgIpc) is 3.23. The number of hydrogen-bond acceptors (Lipinski definition) is 5. The summed E-state index contributed by atoms with van der Waals surface area (Å²) >= 11 is 5.99. The summed E-state index contributed by atoms with van der Waals surface area (Å²) in [5.74, 6) is -0.229. The Balaban J connectivity index is 1.61. The van der Waals surface area contributed by atoms with Gasteiger partial charge >= 0.3 is 6.03 Å². The van der Waals surface area contributed by atoms with Crippen LogP contribution in [0.25, 0.3) is 11.0 Å². The predicted molar refractivity (Wildman–Crippen MR) is 128 cm³/mol. The minimum Gasteiger partial charge on any atom is -0.381 e. The molecule has 4 N–H and O–H groups in total. The van der Waals surface area contributed by atoms with E-state index >= 15 is 0 Å². The third-order valence-corrected chi connectivity index (χ3v) is 6.34. The van der Waals surface area contributed by atoms with Crippen molar-refractivity contribution in [1.82, 2.24) is 25.0 Å². The summed E-state index contributed by atoms with van der Waals surface area (Å²) in [7, 11) is 0. The van der Waals surface area contributed by atoms with Gasteiger partial charge in [-0.15, -0.1) is 0 Å². The second-order valence-electron chi connectivity index (χ2n) is 8.24. The van der Waals surface area contributed by atoms with Gasteiger partial charge in [0.2, 0.25) is 0 Å². The molecular formula is C23H28ClN7O2. The number of nitrogens with two attached hydrogens (primary N) is 1. The van der Waals surface area contributed by atoms with Crippen molar-refractivity contribution in [3.8, 4) is 0 Å². The number of benzene rings is 1. The van der Waals surface area contributed by atoms with Crippen LogP contribution in [0.15, 0.2) is 36.7 Å². The topological polar surface area (TPSA) is 118 Å². The van der Waals surface area contributed by atoms with Crippen LogP contribution < -0.4 is 16.4 Å². The second-order valence-corrected chi connectivity index (χ2v) is 8.67. The summed E-state index contributed by atoms with van der Waals surface area (Å²) in [5.41, 5.74) is 8.24. The van der Waals surface area contributed by atoms with E-state index in [-0.39, 0.29) is 18.0 Å². The molecule has 0 saturated carbocycles. The molecule has 0 aliphatic carbocycles. The molecule has 174 valence electrons. The molecule has 0 radical (unpaired) electrons. The van der Waals surface area contributed by atoms with E-state index in [2.05, 4.69) is 20.7 Å². The van der Waals surface area contributed by atoms with Gasteiger partial charge in [0.25, 0.3) is 5.91 Å². The number of aromatic nitrogens is 3. The standard InChI is InChI=1S/C23H28ClN7O2/c1-3-31-21-18(13-27-31)20(29-17-8-10-30(11-9-17)23(25)33)19(12-26-21)22(32)28-14(2)15-4-6-16(24)7-5-15/h4-7,12-14,17H,3,8-11H2,1-2H3,(H2,25,33)(H,26,29)(H,28,32). The normalized spacial score (nSPS) is 15.4. The quantitative estimate of drug-likeness (QED) is 0.510. The molecule has 1 aliphatic rings. The van der Waals surface area contributed by atoms with E-state index in [4.69, 9.17) is 17.3 Å². The third kappa shape index (κ3) is 4.88. The maximum Gasteiger partial charge on any atom is 0.314 e. The van der Waals surface area contributed by atoms with Gasteiger partial charge in [0.1, 0.15) is 0 Å². The van der Waals surface area contributed by atoms with Crippen molar-refractivity contribution in [1.29, 1.82) is 0 Å². The number of pyridine rings is 1. The molecule has 33 heavy (non-hydrogen) atoms. The maximum atomic E-state index is 13.3. The molecule has 2 aromatic heterocycles. The second kappa shape index (κ2) is 9.66. The lowest BCUT2D eigenvalue weighted by molar-refractivity contribution is 0.0940. The van der Waals surface area contributed by atoms with Gasteiger partial charge in [0.05, 0.1) is 28.9 Å². The van der Waals surface area contributed by atoms with Gasteiger partial charge in [-0.25, -0.2) is 14.5 Å². The van der Waals surface area contributed by atoms with Crippen molar-refractivity contribution in [3.05, 3.63) is 52.8 Å². The SMILES string of the molecule is CCn1ncc2c(NC3CCN(C(N)=O)CC3)c(C(=O)NC(C)c3ccc(Cl)cc3)cnc21. The number of amides is 3. The monoisotopic (exact) mass is 469 g/mol. The molecule has 1 aliphatic heterocycles. The largest absolute Gasteiger partial charge is 0.381 e. The fourth-order valence-electron chi connectivity index (χ4n) is 4.14. The zero-order valence-corrected chi connectivity index (χ0v) is 19.5. The van der Waals surface area contributed by atoms with Crippen LogP contribution in [-0.2, 0) is 6.54 Å². The van der Waals surface area contributed by atoms with Crippen molar-refractivity contribution in [2.75, 3.05) is 18.4 Å². The third-order valence-electron chi connectivity index (χ3n) is 6.08. The van der Waals surface area contributed by atoms with Gasteiger partial charge in [-0.1, -0.05) is 23.7 Å². The Labute approximate surface area is 197 Å². The number of piperidine rings is 1. The maximum absolute atomic E-state index is 13.3. The highest BCUT2D eigenvalue weighted by Gasteiger charge is 2.25. The van der Waals surface area contributed by atoms with E-state index in [0.717, 1.165) is 29.4 Å². The Hall–Kier alpha value is -3.33. The molecular weight excluding hydrogens is 442 g/mol. The highest BCUT2D eigenvalue weighted by atomic mass is 35.5. The first kappa shape index (κ1) is 22.8. The van der Waals surface area contributed by atoms with E-state index in [0.29, 0.717) is 35.9 Å². The van der Waals surface area contributed by atoms with Crippen LogP contribution in [-0.4, -0.2) is 50.7 Å². The molecule has 3 amide bonds. The predicted octanol–water partition coefficient (Wildman–Crippen LogP) is 3.55. The van der Waals surface area contributed by atoms with E-state index in [1.54, 1.807) is 34.1 Å². The molecule has 1 saturated heterocycles. The molecule has 0 spiro atoms. The van der Waals surface area contributed by atoms with Crippen LogP contribution in [0.5, 0.6) is 0 Å². The van der Waals surface area contributed by atoms with Crippen molar-refractivity contribution in [3.63, 3.8) is 0 Å². The fraction of sp³-hybridized carbons (Fsp3) is 0.391. The molecule has 3 aromatic rings. The van der Waals surface area contributed by atoms with E-state index in [1.165, 1.54) is 0 Å². The number of primary amides is 1. The summed E-state index contributed by atoms with van der Waals surface area (Å²) < 4.78 is 1.80. The van der Waals surface area contributed by atoms with Gasteiger partial charge in [0.15, 0.2) is 5.65 Å². The average molecular weight is 470 g/mol.